The van der Waals surface area contributed by atoms with Gasteiger partial charge in [0, 0.05) is 16.8 Å². The summed E-state index contributed by atoms with van der Waals surface area (Å²) >= 11 is 0. The summed E-state index contributed by atoms with van der Waals surface area (Å²) in [7, 11) is 0. The molecule has 0 aliphatic rings. The van der Waals surface area contributed by atoms with E-state index in [1.54, 1.807) is 39.0 Å². The predicted molar refractivity (Wildman–Crippen MR) is 77.9 cm³/mol. The summed E-state index contributed by atoms with van der Waals surface area (Å²) in [5.41, 5.74) is 7.05. The van der Waals surface area contributed by atoms with E-state index in [0.717, 1.165) is 5.56 Å². The van der Waals surface area contributed by atoms with Gasteiger partial charge in [-0.25, -0.2) is 4.79 Å². The number of anilines is 1. The van der Waals surface area contributed by atoms with Crippen LogP contribution in [0, 0.1) is 11.8 Å². The predicted octanol–water partition coefficient (Wildman–Crippen LogP) is 1.64. The molecular formula is C15H20N2O3. The van der Waals surface area contributed by atoms with Crippen LogP contribution in [0.4, 0.5) is 10.5 Å². The summed E-state index contributed by atoms with van der Waals surface area (Å²) in [6.45, 7) is 5.44. The maximum Gasteiger partial charge on any atom is 0.408 e. The Balaban J connectivity index is 2.53. The van der Waals surface area contributed by atoms with E-state index in [1.807, 2.05) is 0 Å². The number of carbonyl (C=O) groups is 1. The van der Waals surface area contributed by atoms with Crippen LogP contribution in [-0.4, -0.2) is 23.3 Å². The van der Waals surface area contributed by atoms with Gasteiger partial charge in [0.15, 0.2) is 0 Å². The number of ether oxygens (including phenoxy) is 1. The second-order valence-electron chi connectivity index (χ2n) is 5.23. The van der Waals surface area contributed by atoms with E-state index in [1.165, 1.54) is 0 Å². The number of nitrogen functional groups attached to an aromatic ring is 1. The van der Waals surface area contributed by atoms with Gasteiger partial charge in [0.05, 0.1) is 13.2 Å². The molecule has 0 unspecified atom stereocenters. The maximum atomic E-state index is 11.4. The lowest BCUT2D eigenvalue weighted by Crippen LogP contribution is -2.32. The van der Waals surface area contributed by atoms with Gasteiger partial charge in [-0.05, 0) is 39.0 Å². The van der Waals surface area contributed by atoms with Crippen LogP contribution >= 0.6 is 0 Å². The zero-order chi connectivity index (χ0) is 15.2. The minimum Gasteiger partial charge on any atom is -0.444 e. The Morgan fingerprint density at radius 3 is 2.75 bits per heavy atom. The third kappa shape index (κ3) is 5.63. The molecule has 108 valence electrons. The van der Waals surface area contributed by atoms with E-state index in [0.29, 0.717) is 11.3 Å². The van der Waals surface area contributed by atoms with Gasteiger partial charge in [-0.1, -0.05) is 11.8 Å². The molecule has 0 aromatic heterocycles. The first-order chi connectivity index (χ1) is 9.31. The molecule has 5 heteroatoms. The van der Waals surface area contributed by atoms with Gasteiger partial charge in [-0.3, -0.25) is 0 Å². The van der Waals surface area contributed by atoms with Crippen LogP contribution in [0.25, 0.3) is 0 Å². The first-order valence-electron chi connectivity index (χ1n) is 6.27. The van der Waals surface area contributed by atoms with Crippen LogP contribution in [0.15, 0.2) is 18.2 Å². The Morgan fingerprint density at radius 1 is 1.45 bits per heavy atom. The third-order valence-electron chi connectivity index (χ3n) is 2.27. The summed E-state index contributed by atoms with van der Waals surface area (Å²) < 4.78 is 5.07. The molecule has 20 heavy (non-hydrogen) atoms. The topological polar surface area (TPSA) is 84.6 Å². The second-order valence-corrected chi connectivity index (χ2v) is 5.23. The zero-order valence-electron chi connectivity index (χ0n) is 12.0. The number of carbonyl (C=O) groups excluding carboxylic acids is 1. The number of aliphatic hydroxyl groups excluding tert-OH is 1. The Labute approximate surface area is 119 Å². The van der Waals surface area contributed by atoms with Crippen molar-refractivity contribution in [1.82, 2.24) is 5.32 Å². The number of aliphatic hydroxyl groups is 1. The second kappa shape index (κ2) is 6.83. The molecule has 1 aromatic rings. The van der Waals surface area contributed by atoms with Gasteiger partial charge in [-0.15, -0.1) is 0 Å². The van der Waals surface area contributed by atoms with Crippen molar-refractivity contribution >= 4 is 11.8 Å². The molecule has 0 saturated carbocycles. The molecular weight excluding hydrogens is 256 g/mol. The molecule has 0 atom stereocenters. The lowest BCUT2D eigenvalue weighted by molar-refractivity contribution is 0.0535. The van der Waals surface area contributed by atoms with Crippen LogP contribution in [0.3, 0.4) is 0 Å². The summed E-state index contributed by atoms with van der Waals surface area (Å²) in [6, 6.07) is 5.17. The van der Waals surface area contributed by atoms with Crippen molar-refractivity contribution in [3.05, 3.63) is 29.3 Å². The largest absolute Gasteiger partial charge is 0.444 e. The molecule has 0 radical (unpaired) electrons. The van der Waals surface area contributed by atoms with E-state index in [9.17, 15) is 4.79 Å². The number of hydrogen-bond donors (Lipinski definition) is 3. The van der Waals surface area contributed by atoms with E-state index in [2.05, 4.69) is 17.2 Å². The monoisotopic (exact) mass is 276 g/mol. The van der Waals surface area contributed by atoms with Crippen molar-refractivity contribution in [2.24, 2.45) is 0 Å². The summed E-state index contributed by atoms with van der Waals surface area (Å²) in [4.78, 5) is 11.4. The molecule has 0 spiro atoms. The zero-order valence-corrected chi connectivity index (χ0v) is 12.0. The third-order valence-corrected chi connectivity index (χ3v) is 2.27. The number of benzene rings is 1. The molecule has 1 aromatic carbocycles. The van der Waals surface area contributed by atoms with E-state index < -0.39 is 11.7 Å². The normalized spacial score (nSPS) is 10.4. The average molecular weight is 276 g/mol. The molecule has 0 fully saturated rings. The first kappa shape index (κ1) is 15.9. The SMILES string of the molecule is CC(C)(C)OC(=O)NCC#Cc1ccc(N)c(CO)c1. The smallest absolute Gasteiger partial charge is 0.408 e. The van der Waals surface area contributed by atoms with Crippen molar-refractivity contribution in [3.8, 4) is 11.8 Å². The van der Waals surface area contributed by atoms with E-state index >= 15 is 0 Å². The Hall–Kier alpha value is -2.19. The summed E-state index contributed by atoms with van der Waals surface area (Å²) in [5.74, 6) is 5.68. The van der Waals surface area contributed by atoms with Crippen LogP contribution in [-0.2, 0) is 11.3 Å². The number of rotatable bonds is 2. The van der Waals surface area contributed by atoms with Crippen molar-refractivity contribution < 1.29 is 14.6 Å². The average Bonchev–Trinajstić information content (AvgIpc) is 2.34. The Kier molecular flexibility index (Phi) is 5.42. The first-order valence-corrected chi connectivity index (χ1v) is 6.27. The lowest BCUT2D eigenvalue weighted by atomic mass is 10.1. The lowest BCUT2D eigenvalue weighted by Gasteiger charge is -2.19. The molecule has 4 N–H and O–H groups in total. The molecule has 1 amide bonds. The highest BCUT2D eigenvalue weighted by atomic mass is 16.6. The molecule has 5 nitrogen and oxygen atoms in total. The Morgan fingerprint density at radius 2 is 2.15 bits per heavy atom. The highest BCUT2D eigenvalue weighted by Gasteiger charge is 2.14. The number of alkyl carbamates (subject to hydrolysis) is 1. The number of nitrogens with one attached hydrogen (secondary N) is 1. The van der Waals surface area contributed by atoms with Crippen molar-refractivity contribution in [1.29, 1.82) is 0 Å². The number of amides is 1. The minimum atomic E-state index is -0.523. The summed E-state index contributed by atoms with van der Waals surface area (Å²) in [6.07, 6.45) is -0.500. The Bertz CT molecular complexity index is 536. The molecule has 0 heterocycles. The number of hydrogen-bond acceptors (Lipinski definition) is 4. The molecule has 0 saturated heterocycles. The molecule has 0 aliphatic heterocycles. The van der Waals surface area contributed by atoms with Crippen LogP contribution in [0.2, 0.25) is 0 Å². The van der Waals surface area contributed by atoms with Crippen molar-refractivity contribution in [2.45, 2.75) is 33.0 Å². The van der Waals surface area contributed by atoms with Gasteiger partial charge in [0.2, 0.25) is 0 Å². The fourth-order valence-electron chi connectivity index (χ4n) is 1.40. The number of nitrogens with two attached hydrogens (primary N) is 1. The van der Waals surface area contributed by atoms with Gasteiger partial charge < -0.3 is 20.9 Å². The highest BCUT2D eigenvalue weighted by Crippen LogP contribution is 2.13. The van der Waals surface area contributed by atoms with Crippen LogP contribution in [0.1, 0.15) is 31.9 Å². The van der Waals surface area contributed by atoms with Gasteiger partial charge in [-0.2, -0.15) is 0 Å². The van der Waals surface area contributed by atoms with Crippen molar-refractivity contribution in [3.63, 3.8) is 0 Å². The van der Waals surface area contributed by atoms with Gasteiger partial charge >= 0.3 is 6.09 Å². The van der Waals surface area contributed by atoms with Crippen molar-refractivity contribution in [2.75, 3.05) is 12.3 Å². The van der Waals surface area contributed by atoms with Gasteiger partial charge in [0.1, 0.15) is 5.60 Å². The summed E-state index contributed by atoms with van der Waals surface area (Å²) in [5, 5.41) is 11.6. The quantitative estimate of drug-likeness (QED) is 0.566. The van der Waals surface area contributed by atoms with Gasteiger partial charge in [0.25, 0.3) is 0 Å². The maximum absolute atomic E-state index is 11.4. The highest BCUT2D eigenvalue weighted by molar-refractivity contribution is 5.68. The molecule has 1 rings (SSSR count). The molecule has 0 aliphatic carbocycles. The van der Waals surface area contributed by atoms with Crippen LogP contribution in [0.5, 0.6) is 0 Å². The standard InChI is InChI=1S/C15H20N2O3/c1-15(2,3)20-14(19)17-8-4-5-11-6-7-13(16)12(9-11)10-18/h6-7,9,18H,8,10,16H2,1-3H3,(H,17,19). The molecule has 0 bridgehead atoms. The minimum absolute atomic E-state index is 0.127. The fourth-order valence-corrected chi connectivity index (χ4v) is 1.40. The van der Waals surface area contributed by atoms with E-state index in [-0.39, 0.29) is 13.2 Å². The van der Waals surface area contributed by atoms with Crippen LogP contribution < -0.4 is 11.1 Å². The van der Waals surface area contributed by atoms with E-state index in [4.69, 9.17) is 15.6 Å². The fraction of sp³-hybridized carbons (Fsp3) is 0.400.